The molecule has 3 heterocycles. The number of aliphatic imine (C=N–C) groups is 1. The highest BCUT2D eigenvalue weighted by Gasteiger charge is 2.34. The number of pyridine rings is 3. The van der Waals surface area contributed by atoms with Crippen molar-refractivity contribution in [3.8, 4) is 5.75 Å². The third kappa shape index (κ3) is 5.91. The first-order valence-electron chi connectivity index (χ1n) is 12.2. The van der Waals surface area contributed by atoms with E-state index in [4.69, 9.17) is 16.3 Å². The molecule has 6 nitrogen and oxygen atoms in total. The second-order valence-corrected chi connectivity index (χ2v) is 9.60. The van der Waals surface area contributed by atoms with Crippen LogP contribution in [-0.4, -0.2) is 20.7 Å². The molecule has 0 atom stereocenters. The van der Waals surface area contributed by atoms with E-state index in [2.05, 4.69) is 15.0 Å². The minimum atomic E-state index is -4.81. The number of halogens is 5. The Morgan fingerprint density at radius 1 is 1.20 bits per heavy atom. The molecule has 4 rings (SSSR count). The topological polar surface area (TPSA) is 69.4 Å². The minimum absolute atomic E-state index is 0.173. The van der Waals surface area contributed by atoms with Crippen LogP contribution >= 0.6 is 11.6 Å². The lowest BCUT2D eigenvalue weighted by Gasteiger charge is -2.17. The van der Waals surface area contributed by atoms with Crippen molar-refractivity contribution in [1.82, 2.24) is 14.5 Å². The first-order valence-corrected chi connectivity index (χ1v) is 12.6. The number of aromatic nitrogens is 3. The summed E-state index contributed by atoms with van der Waals surface area (Å²) in [7, 11) is 0. The molecule has 40 heavy (non-hydrogen) atoms. The molecule has 0 aliphatic heterocycles. The van der Waals surface area contributed by atoms with Gasteiger partial charge in [0, 0.05) is 39.7 Å². The molecule has 0 bridgehead atoms. The molecule has 208 valence electrons. The van der Waals surface area contributed by atoms with Gasteiger partial charge in [-0.15, -0.1) is 0 Å². The number of hydrogen-bond acceptors (Lipinski definition) is 5. The Labute approximate surface area is 232 Å². The van der Waals surface area contributed by atoms with Gasteiger partial charge in [0.2, 0.25) is 0 Å². The summed E-state index contributed by atoms with van der Waals surface area (Å²) in [6.45, 7) is 6.38. The molecule has 0 fully saturated rings. The summed E-state index contributed by atoms with van der Waals surface area (Å²) in [6, 6.07) is 9.05. The number of benzene rings is 1. The molecular formula is C29H25ClF4N4O2. The maximum absolute atomic E-state index is 14.5. The lowest BCUT2D eigenvalue weighted by atomic mass is 10.0. The maximum atomic E-state index is 14.5. The molecule has 11 heteroatoms. The Morgan fingerprint density at radius 3 is 2.62 bits per heavy atom. The van der Waals surface area contributed by atoms with E-state index < -0.39 is 23.1 Å². The molecule has 0 aliphatic carbocycles. The summed E-state index contributed by atoms with van der Waals surface area (Å²) in [4.78, 5) is 25.6. The van der Waals surface area contributed by atoms with E-state index in [1.54, 1.807) is 32.2 Å². The van der Waals surface area contributed by atoms with Gasteiger partial charge in [-0.2, -0.15) is 13.2 Å². The van der Waals surface area contributed by atoms with Gasteiger partial charge in [0.15, 0.2) is 0 Å². The number of alkyl halides is 3. The second-order valence-electron chi connectivity index (χ2n) is 9.03. The summed E-state index contributed by atoms with van der Waals surface area (Å²) in [5.41, 5.74) is 0.739. The predicted octanol–water partition coefficient (Wildman–Crippen LogP) is 7.21. The summed E-state index contributed by atoms with van der Waals surface area (Å²) >= 11 is 6.34. The first kappa shape index (κ1) is 28.9. The van der Waals surface area contributed by atoms with Crippen molar-refractivity contribution in [3.05, 3.63) is 104 Å². The highest BCUT2D eigenvalue weighted by molar-refractivity contribution is 6.32. The number of fused-ring (bicyclic) bond motifs is 1. The minimum Gasteiger partial charge on any atom is -0.487 e. The molecule has 0 aliphatic rings. The highest BCUT2D eigenvalue weighted by Crippen LogP contribution is 2.34. The van der Waals surface area contributed by atoms with E-state index in [1.807, 2.05) is 19.1 Å². The zero-order valence-corrected chi connectivity index (χ0v) is 22.9. The summed E-state index contributed by atoms with van der Waals surface area (Å²) in [5, 5.41) is 1.22. The number of para-hydroxylation sites is 1. The molecule has 0 amide bonds. The Morgan fingerprint density at radius 2 is 1.95 bits per heavy atom. The van der Waals surface area contributed by atoms with Gasteiger partial charge < -0.3 is 9.30 Å². The first-order chi connectivity index (χ1) is 18.9. The monoisotopic (exact) mass is 572 g/mol. The van der Waals surface area contributed by atoms with Gasteiger partial charge in [0.05, 0.1) is 24.1 Å². The number of rotatable bonds is 7. The number of ether oxygens (including phenoxy) is 1. The highest BCUT2D eigenvalue weighted by atomic mass is 35.5. The number of hydrogen-bond donors (Lipinski definition) is 0. The molecule has 4 aromatic rings. The molecule has 0 saturated carbocycles. The van der Waals surface area contributed by atoms with Crippen LogP contribution in [0.3, 0.4) is 0 Å². The van der Waals surface area contributed by atoms with Gasteiger partial charge in [0.1, 0.15) is 29.3 Å². The molecule has 1 aromatic carbocycles. The summed E-state index contributed by atoms with van der Waals surface area (Å²) in [5.74, 6) is -0.224. The molecule has 0 unspecified atom stereocenters. The molecule has 0 saturated heterocycles. The zero-order valence-electron chi connectivity index (χ0n) is 22.1. The quantitative estimate of drug-likeness (QED) is 0.173. The van der Waals surface area contributed by atoms with Crippen LogP contribution in [0, 0.1) is 19.7 Å². The standard InChI is InChI=1S/C29H25ClF4N4O2/c1-5-35-26(18(4)30)20-12-16(2)37-27-19(20)8-6-10-25(27)40-15-21-17(3)23(31)13-36-24(21)14-38-11-7-9-22(28(38)39)29(32,33)34/h5-13H,14-15H2,1-4H3/b26-18+,35-5-. The normalized spacial score (nSPS) is 12.7. The van der Waals surface area contributed by atoms with Crippen molar-refractivity contribution in [2.45, 2.75) is 47.0 Å². The Bertz CT molecular complexity index is 1710. The van der Waals surface area contributed by atoms with Crippen LogP contribution in [0.25, 0.3) is 16.6 Å². The van der Waals surface area contributed by atoms with Gasteiger partial charge >= 0.3 is 6.18 Å². The van der Waals surface area contributed by atoms with Crippen molar-refractivity contribution < 1.29 is 22.3 Å². The van der Waals surface area contributed by atoms with Crippen LogP contribution < -0.4 is 10.3 Å². The molecular weight excluding hydrogens is 548 g/mol. The second kappa shape index (κ2) is 11.6. The van der Waals surface area contributed by atoms with Crippen molar-refractivity contribution in [2.24, 2.45) is 4.99 Å². The Kier molecular flexibility index (Phi) is 8.39. The fraction of sp³-hybridized carbons (Fsp3) is 0.241. The van der Waals surface area contributed by atoms with Crippen LogP contribution in [0.4, 0.5) is 17.6 Å². The lowest BCUT2D eigenvalue weighted by molar-refractivity contribution is -0.138. The van der Waals surface area contributed by atoms with E-state index >= 15 is 0 Å². The smallest absolute Gasteiger partial charge is 0.421 e. The van der Waals surface area contributed by atoms with E-state index in [1.165, 1.54) is 13.1 Å². The number of nitrogens with zero attached hydrogens (tertiary/aromatic N) is 4. The zero-order chi connectivity index (χ0) is 29.2. The lowest BCUT2D eigenvalue weighted by Crippen LogP contribution is -2.29. The van der Waals surface area contributed by atoms with Crippen LogP contribution in [0.2, 0.25) is 0 Å². The average Bonchev–Trinajstić information content (AvgIpc) is 2.89. The summed E-state index contributed by atoms with van der Waals surface area (Å²) < 4.78 is 61.4. The van der Waals surface area contributed by atoms with Gasteiger partial charge in [-0.1, -0.05) is 23.7 Å². The molecule has 0 spiro atoms. The molecule has 0 radical (unpaired) electrons. The van der Waals surface area contributed by atoms with Crippen LogP contribution in [-0.2, 0) is 19.3 Å². The van der Waals surface area contributed by atoms with Gasteiger partial charge in [-0.05, 0) is 57.5 Å². The van der Waals surface area contributed by atoms with Gasteiger partial charge in [-0.3, -0.25) is 14.8 Å². The average molecular weight is 573 g/mol. The third-order valence-electron chi connectivity index (χ3n) is 6.28. The van der Waals surface area contributed by atoms with E-state index in [0.29, 0.717) is 39.3 Å². The fourth-order valence-electron chi connectivity index (χ4n) is 4.32. The van der Waals surface area contributed by atoms with Crippen molar-refractivity contribution in [3.63, 3.8) is 0 Å². The summed E-state index contributed by atoms with van der Waals surface area (Å²) in [6.07, 6.45) is -0.973. The Hall–Kier alpha value is -4.05. The molecule has 0 N–H and O–H groups in total. The van der Waals surface area contributed by atoms with Crippen LogP contribution in [0.15, 0.2) is 63.6 Å². The SMILES string of the molecule is C/C=N\C(=C(/C)Cl)c1cc(C)nc2c(OCc3c(Cn4cccc(C(F)(F)F)c4=O)ncc(F)c3C)cccc12. The predicted molar refractivity (Wildman–Crippen MR) is 147 cm³/mol. The largest absolute Gasteiger partial charge is 0.487 e. The number of allylic oxidation sites excluding steroid dienone is 1. The van der Waals surface area contributed by atoms with E-state index in [0.717, 1.165) is 27.8 Å². The van der Waals surface area contributed by atoms with Crippen molar-refractivity contribution in [2.75, 3.05) is 0 Å². The fourth-order valence-corrected chi connectivity index (χ4v) is 4.47. The maximum Gasteiger partial charge on any atom is 0.421 e. The number of aryl methyl sites for hydroxylation is 1. The van der Waals surface area contributed by atoms with E-state index in [9.17, 15) is 22.4 Å². The van der Waals surface area contributed by atoms with Crippen LogP contribution in [0.5, 0.6) is 5.75 Å². The van der Waals surface area contributed by atoms with Gasteiger partial charge in [-0.25, -0.2) is 9.37 Å². The van der Waals surface area contributed by atoms with Crippen molar-refractivity contribution in [1.29, 1.82) is 0 Å². The Balaban J connectivity index is 1.75. The van der Waals surface area contributed by atoms with E-state index in [-0.39, 0.29) is 24.4 Å². The van der Waals surface area contributed by atoms with Crippen LogP contribution in [0.1, 0.15) is 47.5 Å². The third-order valence-corrected chi connectivity index (χ3v) is 6.46. The van der Waals surface area contributed by atoms with Crippen molar-refractivity contribution >= 4 is 34.4 Å². The molecule has 3 aromatic heterocycles. The van der Waals surface area contributed by atoms with Gasteiger partial charge in [0.25, 0.3) is 5.56 Å².